The van der Waals surface area contributed by atoms with Gasteiger partial charge in [-0.1, -0.05) is 18.6 Å². The first-order valence-electron chi connectivity index (χ1n) is 6.82. The van der Waals surface area contributed by atoms with E-state index < -0.39 is 0 Å². The highest BCUT2D eigenvalue weighted by Crippen LogP contribution is 2.23. The molecule has 0 aromatic carbocycles. The highest BCUT2D eigenvalue weighted by Gasteiger charge is 2.12. The van der Waals surface area contributed by atoms with E-state index in [4.69, 9.17) is 0 Å². The van der Waals surface area contributed by atoms with Gasteiger partial charge in [0.15, 0.2) is 0 Å². The van der Waals surface area contributed by atoms with Gasteiger partial charge in [-0.2, -0.15) is 0 Å². The fourth-order valence-corrected chi connectivity index (χ4v) is 2.91. The molecule has 0 N–H and O–H groups in total. The van der Waals surface area contributed by atoms with Gasteiger partial charge in [-0.3, -0.25) is 0 Å². The maximum Gasteiger partial charge on any atom is -0.00186 e. The summed E-state index contributed by atoms with van der Waals surface area (Å²) < 4.78 is 0. The van der Waals surface area contributed by atoms with Crippen LogP contribution in [0.3, 0.4) is 0 Å². The lowest BCUT2D eigenvalue weighted by Gasteiger charge is -2.27. The molecular formula is C14H25N. The Hall–Kier alpha value is -0.300. The van der Waals surface area contributed by atoms with Gasteiger partial charge in [-0.25, -0.2) is 0 Å². The number of nitrogens with zero attached hydrogens (tertiary/aromatic N) is 1. The number of rotatable bonds is 4. The van der Waals surface area contributed by atoms with Gasteiger partial charge in [0.1, 0.15) is 0 Å². The van der Waals surface area contributed by atoms with Crippen molar-refractivity contribution in [2.45, 2.75) is 51.4 Å². The van der Waals surface area contributed by atoms with Crippen molar-refractivity contribution >= 4 is 0 Å². The standard InChI is InChI=1S/C14H25N/c1-3-8-14(9-4-1)10-7-13-15-11-5-2-6-12-15/h1,3,14H,2,4-13H2. The third-order valence-corrected chi connectivity index (χ3v) is 3.91. The number of hydrogen-bond acceptors (Lipinski definition) is 1. The second-order valence-corrected chi connectivity index (χ2v) is 5.20. The molecule has 1 heterocycles. The van der Waals surface area contributed by atoms with Crippen LogP contribution in [-0.4, -0.2) is 24.5 Å². The Morgan fingerprint density at radius 1 is 1.07 bits per heavy atom. The van der Waals surface area contributed by atoms with Crippen LogP contribution in [0.2, 0.25) is 0 Å². The van der Waals surface area contributed by atoms with Crippen LogP contribution in [0.15, 0.2) is 12.2 Å². The van der Waals surface area contributed by atoms with E-state index in [9.17, 15) is 0 Å². The molecule has 1 nitrogen and oxygen atoms in total. The van der Waals surface area contributed by atoms with Crippen LogP contribution in [0.1, 0.15) is 51.4 Å². The Labute approximate surface area is 94.5 Å². The number of piperidine rings is 1. The van der Waals surface area contributed by atoms with E-state index >= 15 is 0 Å². The molecule has 0 spiro atoms. The van der Waals surface area contributed by atoms with Crippen molar-refractivity contribution in [3.8, 4) is 0 Å². The van der Waals surface area contributed by atoms with Crippen LogP contribution in [0.25, 0.3) is 0 Å². The zero-order chi connectivity index (χ0) is 10.3. The van der Waals surface area contributed by atoms with Crippen LogP contribution in [0.5, 0.6) is 0 Å². The summed E-state index contributed by atoms with van der Waals surface area (Å²) in [6.45, 7) is 4.09. The number of likely N-dealkylation sites (tertiary alicyclic amines) is 1. The Morgan fingerprint density at radius 3 is 2.67 bits per heavy atom. The summed E-state index contributed by atoms with van der Waals surface area (Å²) in [7, 11) is 0. The van der Waals surface area contributed by atoms with Gasteiger partial charge >= 0.3 is 0 Å². The van der Waals surface area contributed by atoms with Crippen LogP contribution in [0, 0.1) is 5.92 Å². The fourth-order valence-electron chi connectivity index (χ4n) is 2.91. The van der Waals surface area contributed by atoms with Crippen molar-refractivity contribution in [1.82, 2.24) is 4.90 Å². The average molecular weight is 207 g/mol. The molecule has 1 fully saturated rings. The third kappa shape index (κ3) is 3.98. The van der Waals surface area contributed by atoms with Crippen molar-refractivity contribution < 1.29 is 0 Å². The minimum Gasteiger partial charge on any atom is -0.303 e. The summed E-state index contributed by atoms with van der Waals surface area (Å²) in [6.07, 6.45) is 16.1. The Bertz CT molecular complexity index is 192. The first-order chi connectivity index (χ1) is 7.45. The predicted octanol–water partition coefficient (Wildman–Crippen LogP) is 3.61. The SMILES string of the molecule is C1=CCC(CCCN2CCCCC2)CC1. The molecule has 1 atom stereocenters. The number of allylic oxidation sites excluding steroid dienone is 2. The normalized spacial score (nSPS) is 28.1. The molecular weight excluding hydrogens is 182 g/mol. The molecule has 2 aliphatic rings. The second-order valence-electron chi connectivity index (χ2n) is 5.20. The van der Waals surface area contributed by atoms with Crippen molar-refractivity contribution in [2.75, 3.05) is 19.6 Å². The first kappa shape index (κ1) is 11.2. The summed E-state index contributed by atoms with van der Waals surface area (Å²) >= 11 is 0. The van der Waals surface area contributed by atoms with Crippen LogP contribution < -0.4 is 0 Å². The molecule has 0 aromatic heterocycles. The molecule has 86 valence electrons. The molecule has 1 unspecified atom stereocenters. The maximum absolute atomic E-state index is 2.67. The molecule has 1 heteroatoms. The summed E-state index contributed by atoms with van der Waals surface area (Å²) in [6, 6.07) is 0. The molecule has 1 aliphatic carbocycles. The lowest BCUT2D eigenvalue weighted by Crippen LogP contribution is -2.30. The minimum absolute atomic E-state index is 1.000. The van der Waals surface area contributed by atoms with Gasteiger partial charge < -0.3 is 4.90 Å². The van der Waals surface area contributed by atoms with E-state index in [-0.39, 0.29) is 0 Å². The second kappa shape index (κ2) is 6.32. The van der Waals surface area contributed by atoms with E-state index in [0.29, 0.717) is 0 Å². The van der Waals surface area contributed by atoms with Gasteiger partial charge in [-0.05, 0) is 70.5 Å². The Kier molecular flexibility index (Phi) is 4.72. The van der Waals surface area contributed by atoms with Crippen LogP contribution >= 0.6 is 0 Å². The minimum atomic E-state index is 1.000. The topological polar surface area (TPSA) is 3.24 Å². The van der Waals surface area contributed by atoms with E-state index in [1.165, 1.54) is 71.0 Å². The zero-order valence-corrected chi connectivity index (χ0v) is 9.96. The lowest BCUT2D eigenvalue weighted by molar-refractivity contribution is 0.218. The first-order valence-corrected chi connectivity index (χ1v) is 6.82. The van der Waals surface area contributed by atoms with Crippen LogP contribution in [0.4, 0.5) is 0 Å². The highest BCUT2D eigenvalue weighted by molar-refractivity contribution is 4.89. The molecule has 0 bridgehead atoms. The van der Waals surface area contributed by atoms with Crippen molar-refractivity contribution in [3.05, 3.63) is 12.2 Å². The van der Waals surface area contributed by atoms with Gasteiger partial charge in [-0.15, -0.1) is 0 Å². The van der Waals surface area contributed by atoms with Crippen molar-refractivity contribution in [3.63, 3.8) is 0 Å². The molecule has 1 saturated heterocycles. The maximum atomic E-state index is 2.67. The monoisotopic (exact) mass is 207 g/mol. The van der Waals surface area contributed by atoms with E-state index in [0.717, 1.165) is 5.92 Å². The Balaban J connectivity index is 1.55. The zero-order valence-electron chi connectivity index (χ0n) is 9.96. The molecule has 1 aliphatic heterocycles. The summed E-state index contributed by atoms with van der Waals surface area (Å²) in [4.78, 5) is 2.67. The average Bonchev–Trinajstić information content (AvgIpc) is 2.32. The predicted molar refractivity (Wildman–Crippen MR) is 66.0 cm³/mol. The van der Waals surface area contributed by atoms with E-state index in [1.54, 1.807) is 0 Å². The van der Waals surface area contributed by atoms with Crippen LogP contribution in [-0.2, 0) is 0 Å². The molecule has 0 radical (unpaired) electrons. The summed E-state index contributed by atoms with van der Waals surface area (Å²) in [5, 5.41) is 0. The van der Waals surface area contributed by atoms with Gasteiger partial charge in [0, 0.05) is 0 Å². The molecule has 2 rings (SSSR count). The summed E-state index contributed by atoms with van der Waals surface area (Å²) in [5.41, 5.74) is 0. The molecule has 0 aromatic rings. The van der Waals surface area contributed by atoms with Gasteiger partial charge in [0.05, 0.1) is 0 Å². The highest BCUT2D eigenvalue weighted by atomic mass is 15.1. The molecule has 0 saturated carbocycles. The largest absolute Gasteiger partial charge is 0.303 e. The molecule has 15 heavy (non-hydrogen) atoms. The Morgan fingerprint density at radius 2 is 1.93 bits per heavy atom. The number of hydrogen-bond donors (Lipinski definition) is 0. The third-order valence-electron chi connectivity index (χ3n) is 3.91. The molecule has 0 amide bonds. The van der Waals surface area contributed by atoms with Gasteiger partial charge in [0.25, 0.3) is 0 Å². The van der Waals surface area contributed by atoms with E-state index in [1.807, 2.05) is 0 Å². The van der Waals surface area contributed by atoms with Gasteiger partial charge in [0.2, 0.25) is 0 Å². The van der Waals surface area contributed by atoms with Crippen molar-refractivity contribution in [2.24, 2.45) is 5.92 Å². The quantitative estimate of drug-likeness (QED) is 0.637. The smallest absolute Gasteiger partial charge is 0.00186 e. The summed E-state index contributed by atoms with van der Waals surface area (Å²) in [5.74, 6) is 1.000. The lowest BCUT2D eigenvalue weighted by atomic mass is 9.90. The van der Waals surface area contributed by atoms with Crippen molar-refractivity contribution in [1.29, 1.82) is 0 Å². The fraction of sp³-hybridized carbons (Fsp3) is 0.857. The van der Waals surface area contributed by atoms with E-state index in [2.05, 4.69) is 17.1 Å².